The first-order valence-electron chi connectivity index (χ1n) is 6.88. The summed E-state index contributed by atoms with van der Waals surface area (Å²) in [6.45, 7) is 7.66. The van der Waals surface area contributed by atoms with Gasteiger partial charge < -0.3 is 15.4 Å². The highest BCUT2D eigenvalue weighted by Gasteiger charge is 2.02. The van der Waals surface area contributed by atoms with E-state index in [1.54, 1.807) is 0 Å². The Bertz CT molecular complexity index is 374. The van der Waals surface area contributed by atoms with Crippen LogP contribution >= 0.6 is 0 Å². The van der Waals surface area contributed by atoms with Gasteiger partial charge in [-0.15, -0.1) is 0 Å². The SMILES string of the molecule is CCOc1ccc(NC(=O)CCCNC(C)C)cc1. The molecule has 0 aliphatic carbocycles. The molecule has 0 unspecified atom stereocenters. The molecule has 1 aromatic rings. The Labute approximate surface area is 115 Å². The topological polar surface area (TPSA) is 50.4 Å². The molecule has 4 heteroatoms. The largest absolute Gasteiger partial charge is 0.494 e. The predicted molar refractivity (Wildman–Crippen MR) is 78.6 cm³/mol. The second kappa shape index (κ2) is 8.53. The molecule has 0 aliphatic rings. The van der Waals surface area contributed by atoms with Gasteiger partial charge in [0.15, 0.2) is 0 Å². The maximum atomic E-state index is 11.7. The van der Waals surface area contributed by atoms with Crippen LogP contribution in [0.5, 0.6) is 5.75 Å². The lowest BCUT2D eigenvalue weighted by atomic mass is 10.2. The summed E-state index contributed by atoms with van der Waals surface area (Å²) in [5.41, 5.74) is 0.810. The van der Waals surface area contributed by atoms with Gasteiger partial charge in [0, 0.05) is 18.2 Å². The molecule has 2 N–H and O–H groups in total. The number of carbonyl (C=O) groups is 1. The number of nitrogens with one attached hydrogen (secondary N) is 2. The van der Waals surface area contributed by atoms with Crippen molar-refractivity contribution in [1.29, 1.82) is 0 Å². The molecule has 1 aromatic carbocycles. The van der Waals surface area contributed by atoms with Gasteiger partial charge in [-0.1, -0.05) is 13.8 Å². The Kier molecular flexibility index (Phi) is 6.97. The van der Waals surface area contributed by atoms with Gasteiger partial charge in [0.1, 0.15) is 5.75 Å². The van der Waals surface area contributed by atoms with Crippen LogP contribution in [0.2, 0.25) is 0 Å². The van der Waals surface area contributed by atoms with Crippen LogP contribution in [0.25, 0.3) is 0 Å². The number of hydrogen-bond donors (Lipinski definition) is 2. The number of carbonyl (C=O) groups excluding carboxylic acids is 1. The normalized spacial score (nSPS) is 10.5. The molecule has 0 radical (unpaired) electrons. The van der Waals surface area contributed by atoms with Gasteiger partial charge in [-0.25, -0.2) is 0 Å². The van der Waals surface area contributed by atoms with Gasteiger partial charge in [0.05, 0.1) is 6.61 Å². The summed E-state index contributed by atoms with van der Waals surface area (Å²) in [5, 5.41) is 6.17. The third-order valence-corrected chi connectivity index (χ3v) is 2.58. The van der Waals surface area contributed by atoms with Crippen LogP contribution in [0.4, 0.5) is 5.69 Å². The summed E-state index contributed by atoms with van der Waals surface area (Å²) in [6.07, 6.45) is 1.38. The Balaban J connectivity index is 2.27. The molecule has 1 rings (SSSR count). The van der Waals surface area contributed by atoms with Crippen LogP contribution in [-0.2, 0) is 4.79 Å². The van der Waals surface area contributed by atoms with E-state index in [1.807, 2.05) is 31.2 Å². The summed E-state index contributed by atoms with van der Waals surface area (Å²) < 4.78 is 5.35. The number of amides is 1. The lowest BCUT2D eigenvalue weighted by Gasteiger charge is -2.09. The van der Waals surface area contributed by atoms with Gasteiger partial charge >= 0.3 is 0 Å². The number of anilines is 1. The average molecular weight is 264 g/mol. The molecule has 0 heterocycles. The highest BCUT2D eigenvalue weighted by molar-refractivity contribution is 5.90. The Morgan fingerprint density at radius 1 is 1.26 bits per heavy atom. The van der Waals surface area contributed by atoms with Crippen molar-refractivity contribution in [3.63, 3.8) is 0 Å². The van der Waals surface area contributed by atoms with Crippen molar-refractivity contribution >= 4 is 11.6 Å². The molecule has 19 heavy (non-hydrogen) atoms. The van der Waals surface area contributed by atoms with E-state index in [1.165, 1.54) is 0 Å². The number of hydrogen-bond acceptors (Lipinski definition) is 3. The Hall–Kier alpha value is -1.55. The summed E-state index contributed by atoms with van der Waals surface area (Å²) in [4.78, 5) is 11.7. The van der Waals surface area contributed by atoms with Crippen molar-refractivity contribution < 1.29 is 9.53 Å². The monoisotopic (exact) mass is 264 g/mol. The summed E-state index contributed by atoms with van der Waals surface area (Å²) >= 11 is 0. The van der Waals surface area contributed by atoms with E-state index in [0.717, 1.165) is 24.4 Å². The molecule has 0 saturated heterocycles. The van der Waals surface area contributed by atoms with Gasteiger partial charge in [-0.2, -0.15) is 0 Å². The second-order valence-corrected chi connectivity index (χ2v) is 4.72. The molecule has 0 aromatic heterocycles. The van der Waals surface area contributed by atoms with Crippen molar-refractivity contribution in [2.45, 2.75) is 39.7 Å². The molecule has 0 atom stereocenters. The third kappa shape index (κ3) is 6.82. The van der Waals surface area contributed by atoms with Crippen molar-refractivity contribution in [3.05, 3.63) is 24.3 Å². The Morgan fingerprint density at radius 3 is 2.53 bits per heavy atom. The zero-order chi connectivity index (χ0) is 14.1. The van der Waals surface area contributed by atoms with Crippen molar-refractivity contribution in [3.8, 4) is 5.75 Å². The number of ether oxygens (including phenoxy) is 1. The van der Waals surface area contributed by atoms with E-state index in [9.17, 15) is 4.79 Å². The summed E-state index contributed by atoms with van der Waals surface area (Å²) in [6, 6.07) is 7.90. The average Bonchev–Trinajstić information content (AvgIpc) is 2.37. The second-order valence-electron chi connectivity index (χ2n) is 4.72. The van der Waals surface area contributed by atoms with Crippen molar-refractivity contribution in [1.82, 2.24) is 5.32 Å². The molecule has 0 saturated carbocycles. The first kappa shape index (κ1) is 15.5. The molecule has 4 nitrogen and oxygen atoms in total. The van der Waals surface area contributed by atoms with Crippen LogP contribution in [0.15, 0.2) is 24.3 Å². The molecular weight excluding hydrogens is 240 g/mol. The minimum atomic E-state index is 0.0507. The smallest absolute Gasteiger partial charge is 0.224 e. The van der Waals surface area contributed by atoms with Gasteiger partial charge in [0.2, 0.25) is 5.91 Å². The highest BCUT2D eigenvalue weighted by Crippen LogP contribution is 2.15. The molecule has 0 fully saturated rings. The molecule has 0 spiro atoms. The van der Waals surface area contributed by atoms with Gasteiger partial charge in [-0.05, 0) is 44.2 Å². The molecule has 0 bridgehead atoms. The molecule has 106 valence electrons. The van der Waals surface area contributed by atoms with E-state index in [-0.39, 0.29) is 5.91 Å². The molecule has 0 aliphatic heterocycles. The maximum absolute atomic E-state index is 11.7. The van der Waals surface area contributed by atoms with E-state index in [0.29, 0.717) is 19.1 Å². The van der Waals surface area contributed by atoms with Gasteiger partial charge in [-0.3, -0.25) is 4.79 Å². The standard InChI is InChI=1S/C15H24N2O2/c1-4-19-14-9-7-13(8-10-14)17-15(18)6-5-11-16-12(2)3/h7-10,12,16H,4-6,11H2,1-3H3,(H,17,18). The van der Waals surface area contributed by atoms with Crippen molar-refractivity contribution in [2.75, 3.05) is 18.5 Å². The molecule has 1 amide bonds. The molecular formula is C15H24N2O2. The fourth-order valence-electron chi connectivity index (χ4n) is 1.66. The zero-order valence-corrected chi connectivity index (χ0v) is 12.0. The number of benzene rings is 1. The van der Waals surface area contributed by atoms with Gasteiger partial charge in [0.25, 0.3) is 0 Å². The van der Waals surface area contributed by atoms with E-state index < -0.39 is 0 Å². The zero-order valence-electron chi connectivity index (χ0n) is 12.0. The van der Waals surface area contributed by atoms with E-state index in [2.05, 4.69) is 24.5 Å². The van der Waals surface area contributed by atoms with Crippen molar-refractivity contribution in [2.24, 2.45) is 0 Å². The predicted octanol–water partition coefficient (Wildman–Crippen LogP) is 2.80. The van der Waals surface area contributed by atoms with Crippen LogP contribution in [0.3, 0.4) is 0 Å². The van der Waals surface area contributed by atoms with Crippen LogP contribution in [0, 0.1) is 0 Å². The fourth-order valence-corrected chi connectivity index (χ4v) is 1.66. The first-order valence-corrected chi connectivity index (χ1v) is 6.88. The fraction of sp³-hybridized carbons (Fsp3) is 0.533. The van der Waals surface area contributed by atoms with Crippen LogP contribution in [-0.4, -0.2) is 25.1 Å². The quantitative estimate of drug-likeness (QED) is 0.710. The lowest BCUT2D eigenvalue weighted by molar-refractivity contribution is -0.116. The third-order valence-electron chi connectivity index (χ3n) is 2.58. The minimum Gasteiger partial charge on any atom is -0.494 e. The summed E-state index contributed by atoms with van der Waals surface area (Å²) in [7, 11) is 0. The maximum Gasteiger partial charge on any atom is 0.224 e. The first-order chi connectivity index (χ1) is 9.11. The van der Waals surface area contributed by atoms with Crippen LogP contribution < -0.4 is 15.4 Å². The van der Waals surface area contributed by atoms with E-state index >= 15 is 0 Å². The van der Waals surface area contributed by atoms with Crippen LogP contribution in [0.1, 0.15) is 33.6 Å². The number of rotatable bonds is 8. The van der Waals surface area contributed by atoms with E-state index in [4.69, 9.17) is 4.74 Å². The Morgan fingerprint density at radius 2 is 1.95 bits per heavy atom. The summed E-state index contributed by atoms with van der Waals surface area (Å²) in [5.74, 6) is 0.872. The lowest BCUT2D eigenvalue weighted by Crippen LogP contribution is -2.24. The highest BCUT2D eigenvalue weighted by atomic mass is 16.5. The minimum absolute atomic E-state index is 0.0507.